The normalized spacial score (nSPS) is 8.86. The number of anilines is 1. The molecule has 0 aliphatic heterocycles. The predicted molar refractivity (Wildman–Crippen MR) is 58.6 cm³/mol. The van der Waals surface area contributed by atoms with Crippen LogP contribution < -0.4 is 5.73 Å². The van der Waals surface area contributed by atoms with Gasteiger partial charge < -0.3 is 10.8 Å². The lowest BCUT2D eigenvalue weighted by Gasteiger charge is -2.05. The Morgan fingerprint density at radius 3 is 2.14 bits per heavy atom. The maximum atomic E-state index is 10.6. The molecule has 0 aliphatic carbocycles. The first-order valence-corrected chi connectivity index (χ1v) is 4.62. The van der Waals surface area contributed by atoms with Crippen molar-refractivity contribution in [3.63, 3.8) is 0 Å². The van der Waals surface area contributed by atoms with Gasteiger partial charge in [0, 0.05) is 5.69 Å². The van der Waals surface area contributed by atoms with Gasteiger partial charge in [-0.05, 0) is 37.1 Å². The molecule has 0 saturated carbocycles. The second kappa shape index (κ2) is 5.27. The van der Waals surface area contributed by atoms with Crippen LogP contribution in [-0.2, 0) is 0 Å². The SMILES string of the molecule is CC.Cc1cc(C(=O)O)cc(N)c1C. The lowest BCUT2D eigenvalue weighted by Crippen LogP contribution is -2.01. The van der Waals surface area contributed by atoms with Crippen molar-refractivity contribution in [3.05, 3.63) is 28.8 Å². The number of carbonyl (C=O) groups is 1. The first-order valence-electron chi connectivity index (χ1n) is 4.62. The van der Waals surface area contributed by atoms with E-state index in [4.69, 9.17) is 10.8 Å². The first kappa shape index (κ1) is 12.5. The molecule has 0 spiro atoms. The molecule has 3 N–H and O–H groups in total. The first-order chi connectivity index (χ1) is 6.52. The zero-order valence-electron chi connectivity index (χ0n) is 9.09. The number of carboxylic acid groups (broad SMARTS) is 1. The number of aryl methyl sites for hydroxylation is 1. The molecular formula is C11H17NO2. The fourth-order valence-electron chi connectivity index (χ4n) is 1.01. The topological polar surface area (TPSA) is 63.3 Å². The minimum Gasteiger partial charge on any atom is -0.478 e. The van der Waals surface area contributed by atoms with Crippen LogP contribution in [0.3, 0.4) is 0 Å². The van der Waals surface area contributed by atoms with Gasteiger partial charge in [-0.25, -0.2) is 4.79 Å². The Morgan fingerprint density at radius 2 is 1.79 bits per heavy atom. The maximum absolute atomic E-state index is 10.6. The standard InChI is InChI=1S/C9H11NO2.C2H6/c1-5-3-7(9(11)12)4-8(10)6(5)2;1-2/h3-4H,10H2,1-2H3,(H,11,12);1-2H3. The molecule has 0 saturated heterocycles. The van der Waals surface area contributed by atoms with Gasteiger partial charge in [0.1, 0.15) is 0 Å². The van der Waals surface area contributed by atoms with E-state index in [1.165, 1.54) is 6.07 Å². The van der Waals surface area contributed by atoms with Gasteiger partial charge in [0.2, 0.25) is 0 Å². The fraction of sp³-hybridized carbons (Fsp3) is 0.364. The second-order valence-corrected chi connectivity index (χ2v) is 2.81. The Labute approximate surface area is 84.6 Å². The Kier molecular flexibility index (Phi) is 4.70. The number of hydrogen-bond donors (Lipinski definition) is 2. The number of carboxylic acids is 1. The number of hydrogen-bond acceptors (Lipinski definition) is 2. The number of rotatable bonds is 1. The number of aromatic carboxylic acids is 1. The van der Waals surface area contributed by atoms with Crippen molar-refractivity contribution in [1.82, 2.24) is 0 Å². The van der Waals surface area contributed by atoms with Crippen molar-refractivity contribution < 1.29 is 9.90 Å². The Balaban J connectivity index is 0.000000791. The molecule has 1 rings (SSSR count). The van der Waals surface area contributed by atoms with Crippen molar-refractivity contribution in [1.29, 1.82) is 0 Å². The van der Waals surface area contributed by atoms with E-state index in [1.54, 1.807) is 6.07 Å². The monoisotopic (exact) mass is 195 g/mol. The van der Waals surface area contributed by atoms with Crippen molar-refractivity contribution >= 4 is 11.7 Å². The van der Waals surface area contributed by atoms with Gasteiger partial charge >= 0.3 is 5.97 Å². The lowest BCUT2D eigenvalue weighted by atomic mass is 10.0. The van der Waals surface area contributed by atoms with Crippen LogP contribution in [0.15, 0.2) is 12.1 Å². The molecule has 0 fully saturated rings. The lowest BCUT2D eigenvalue weighted by molar-refractivity contribution is 0.0697. The molecule has 0 bridgehead atoms. The highest BCUT2D eigenvalue weighted by Crippen LogP contribution is 2.17. The van der Waals surface area contributed by atoms with Crippen LogP contribution in [0.4, 0.5) is 5.69 Å². The van der Waals surface area contributed by atoms with Crippen LogP contribution in [0.2, 0.25) is 0 Å². The van der Waals surface area contributed by atoms with Crippen LogP contribution >= 0.6 is 0 Å². The molecule has 0 amide bonds. The highest BCUT2D eigenvalue weighted by molar-refractivity contribution is 5.89. The van der Waals surface area contributed by atoms with Gasteiger partial charge in [0.25, 0.3) is 0 Å². The largest absolute Gasteiger partial charge is 0.478 e. The Morgan fingerprint density at radius 1 is 1.29 bits per heavy atom. The highest BCUT2D eigenvalue weighted by atomic mass is 16.4. The Bertz CT molecular complexity index is 309. The zero-order valence-corrected chi connectivity index (χ0v) is 9.09. The molecule has 78 valence electrons. The summed E-state index contributed by atoms with van der Waals surface area (Å²) < 4.78 is 0. The van der Waals surface area contributed by atoms with E-state index < -0.39 is 5.97 Å². The minimum atomic E-state index is -0.940. The fourth-order valence-corrected chi connectivity index (χ4v) is 1.01. The summed E-state index contributed by atoms with van der Waals surface area (Å²) in [5, 5.41) is 8.67. The minimum absolute atomic E-state index is 0.246. The third kappa shape index (κ3) is 2.76. The van der Waals surface area contributed by atoms with Crippen LogP contribution in [-0.4, -0.2) is 11.1 Å². The quantitative estimate of drug-likeness (QED) is 0.677. The van der Waals surface area contributed by atoms with Crippen LogP contribution in [0.5, 0.6) is 0 Å². The van der Waals surface area contributed by atoms with E-state index in [-0.39, 0.29) is 5.56 Å². The second-order valence-electron chi connectivity index (χ2n) is 2.81. The van der Waals surface area contributed by atoms with E-state index in [2.05, 4.69) is 0 Å². The molecule has 1 aromatic carbocycles. The van der Waals surface area contributed by atoms with Gasteiger partial charge in [0.05, 0.1) is 5.56 Å². The summed E-state index contributed by atoms with van der Waals surface area (Å²) in [7, 11) is 0. The molecule has 1 aromatic rings. The zero-order chi connectivity index (χ0) is 11.3. The van der Waals surface area contributed by atoms with E-state index >= 15 is 0 Å². The van der Waals surface area contributed by atoms with Crippen molar-refractivity contribution in [2.75, 3.05) is 5.73 Å². The number of nitrogens with two attached hydrogens (primary N) is 1. The average Bonchev–Trinajstić information content (AvgIpc) is 2.16. The third-order valence-corrected chi connectivity index (χ3v) is 1.95. The summed E-state index contributed by atoms with van der Waals surface area (Å²) in [4.78, 5) is 10.6. The summed E-state index contributed by atoms with van der Waals surface area (Å²) in [6.07, 6.45) is 0. The molecule has 0 radical (unpaired) electrons. The Hall–Kier alpha value is -1.51. The van der Waals surface area contributed by atoms with Gasteiger partial charge in [-0.3, -0.25) is 0 Å². The summed E-state index contributed by atoms with van der Waals surface area (Å²) in [6, 6.07) is 3.10. The summed E-state index contributed by atoms with van der Waals surface area (Å²) >= 11 is 0. The van der Waals surface area contributed by atoms with Gasteiger partial charge in [0.15, 0.2) is 0 Å². The summed E-state index contributed by atoms with van der Waals surface area (Å²) in [5.41, 5.74) is 8.23. The molecule has 0 aromatic heterocycles. The highest BCUT2D eigenvalue weighted by Gasteiger charge is 2.06. The van der Waals surface area contributed by atoms with Gasteiger partial charge in [-0.15, -0.1) is 0 Å². The smallest absolute Gasteiger partial charge is 0.335 e. The van der Waals surface area contributed by atoms with Crippen molar-refractivity contribution in [2.24, 2.45) is 0 Å². The predicted octanol–water partition coefficient (Wildman–Crippen LogP) is 2.61. The molecule has 3 heteroatoms. The number of benzene rings is 1. The maximum Gasteiger partial charge on any atom is 0.335 e. The van der Waals surface area contributed by atoms with E-state index in [9.17, 15) is 4.79 Å². The van der Waals surface area contributed by atoms with Crippen molar-refractivity contribution in [3.8, 4) is 0 Å². The molecule has 14 heavy (non-hydrogen) atoms. The summed E-state index contributed by atoms with van der Waals surface area (Å²) in [5.74, 6) is -0.940. The van der Waals surface area contributed by atoms with Gasteiger partial charge in [-0.1, -0.05) is 13.8 Å². The molecule has 0 unspecified atom stereocenters. The van der Waals surface area contributed by atoms with Crippen molar-refractivity contribution in [2.45, 2.75) is 27.7 Å². The van der Waals surface area contributed by atoms with Crippen LogP contribution in [0, 0.1) is 13.8 Å². The number of nitrogen functional groups attached to an aromatic ring is 1. The van der Waals surface area contributed by atoms with E-state index in [0.717, 1.165) is 11.1 Å². The molecule has 0 heterocycles. The molecular weight excluding hydrogens is 178 g/mol. The van der Waals surface area contributed by atoms with Gasteiger partial charge in [-0.2, -0.15) is 0 Å². The molecule has 0 aliphatic rings. The molecule has 0 atom stereocenters. The van der Waals surface area contributed by atoms with E-state index in [1.807, 2.05) is 27.7 Å². The van der Waals surface area contributed by atoms with E-state index in [0.29, 0.717) is 5.69 Å². The van der Waals surface area contributed by atoms with Crippen LogP contribution in [0.1, 0.15) is 35.3 Å². The van der Waals surface area contributed by atoms with Crippen LogP contribution in [0.25, 0.3) is 0 Å². The summed E-state index contributed by atoms with van der Waals surface area (Å²) in [6.45, 7) is 7.72. The average molecular weight is 195 g/mol. The molecule has 3 nitrogen and oxygen atoms in total. The third-order valence-electron chi connectivity index (χ3n) is 1.95.